The molecule has 1 heterocycles. The van der Waals surface area contributed by atoms with Gasteiger partial charge in [-0.15, -0.1) is 0 Å². The molecule has 1 aliphatic heterocycles. The van der Waals surface area contributed by atoms with Crippen LogP contribution in [-0.2, 0) is 48.3 Å². The molecule has 5 rings (SSSR count). The third kappa shape index (κ3) is 5.18. The second kappa shape index (κ2) is 11.5. The molecule has 1 saturated carbocycles. The average Bonchev–Trinajstić information content (AvgIpc) is 2.96. The first-order valence-corrected chi connectivity index (χ1v) is 12.9. The summed E-state index contributed by atoms with van der Waals surface area (Å²) in [5.41, 5.74) is -0.221. The molecular formula is C31H34O7. The third-order valence-corrected chi connectivity index (χ3v) is 7.54. The predicted molar refractivity (Wildman–Crippen MR) is 140 cm³/mol. The van der Waals surface area contributed by atoms with E-state index in [2.05, 4.69) is 0 Å². The number of benzene rings is 3. The summed E-state index contributed by atoms with van der Waals surface area (Å²) in [6.07, 6.45) is -3.12. The Kier molecular flexibility index (Phi) is 8.04. The smallest absolute Gasteiger partial charge is 0.187 e. The van der Waals surface area contributed by atoms with Crippen LogP contribution in [0.3, 0.4) is 0 Å². The quantitative estimate of drug-likeness (QED) is 0.431. The molecular weight excluding hydrogens is 484 g/mol. The van der Waals surface area contributed by atoms with E-state index in [1.54, 1.807) is 0 Å². The van der Waals surface area contributed by atoms with Gasteiger partial charge in [0.25, 0.3) is 0 Å². The van der Waals surface area contributed by atoms with Gasteiger partial charge in [-0.2, -0.15) is 0 Å². The lowest BCUT2D eigenvalue weighted by Gasteiger charge is -2.61. The second-order valence-corrected chi connectivity index (χ2v) is 10.0. The van der Waals surface area contributed by atoms with Crippen LogP contribution in [0.15, 0.2) is 91.0 Å². The molecule has 3 aromatic carbocycles. The van der Waals surface area contributed by atoms with Gasteiger partial charge in [-0.1, -0.05) is 91.0 Å². The van der Waals surface area contributed by atoms with Gasteiger partial charge in [-0.3, -0.25) is 4.79 Å². The SMILES string of the molecule is CO[C@@H]1O[C@]2(CC(=O)[C@]2(C)O)[C@@H](OCc2ccccc2)[C@H](OCc2ccccc2)[C@H]1OCc1ccccc1. The predicted octanol–water partition coefficient (Wildman–Crippen LogP) is 4.21. The molecule has 0 amide bonds. The molecule has 0 radical (unpaired) electrons. The Balaban J connectivity index is 1.49. The maximum absolute atomic E-state index is 12.6. The molecule has 200 valence electrons. The van der Waals surface area contributed by atoms with Crippen molar-refractivity contribution in [1.82, 2.24) is 0 Å². The zero-order valence-electron chi connectivity index (χ0n) is 21.7. The number of hydrogen-bond acceptors (Lipinski definition) is 7. The van der Waals surface area contributed by atoms with Gasteiger partial charge >= 0.3 is 0 Å². The number of aliphatic hydroxyl groups is 1. The van der Waals surface area contributed by atoms with Crippen molar-refractivity contribution in [3.63, 3.8) is 0 Å². The minimum atomic E-state index is -1.77. The Hall–Kier alpha value is -2.91. The van der Waals surface area contributed by atoms with Crippen molar-refractivity contribution in [2.24, 2.45) is 0 Å². The molecule has 1 N–H and O–H groups in total. The molecule has 2 fully saturated rings. The molecule has 0 unspecified atom stereocenters. The molecule has 3 aromatic rings. The Morgan fingerprint density at radius 1 is 0.763 bits per heavy atom. The van der Waals surface area contributed by atoms with Crippen molar-refractivity contribution in [3.05, 3.63) is 108 Å². The molecule has 1 aliphatic carbocycles. The Bertz CT molecular complexity index is 1180. The monoisotopic (exact) mass is 518 g/mol. The standard InChI is InChI=1S/C31H34O7/c1-30(33)25(32)18-31(30)28(37-21-24-16-10-5-11-17-24)26(35-19-22-12-6-3-7-13-22)27(29(34-2)38-31)36-20-23-14-8-4-9-15-23/h3-17,26-29,33H,18-21H2,1-2H3/t26-,27-,28+,29-,30+,31-/m1/s1. The first-order valence-electron chi connectivity index (χ1n) is 12.9. The summed E-state index contributed by atoms with van der Waals surface area (Å²) < 4.78 is 31.6. The highest BCUT2D eigenvalue weighted by atomic mass is 16.7. The highest BCUT2D eigenvalue weighted by molar-refractivity contribution is 5.96. The summed E-state index contributed by atoms with van der Waals surface area (Å²) in [7, 11) is 1.52. The molecule has 0 bridgehead atoms. The van der Waals surface area contributed by atoms with E-state index in [0.717, 1.165) is 16.7 Å². The zero-order valence-corrected chi connectivity index (χ0v) is 21.7. The number of carbonyl (C=O) groups excluding carboxylic acids is 1. The average molecular weight is 519 g/mol. The summed E-state index contributed by atoms with van der Waals surface area (Å²) in [5.74, 6) is -0.314. The molecule has 38 heavy (non-hydrogen) atoms. The van der Waals surface area contributed by atoms with E-state index in [9.17, 15) is 9.90 Å². The fourth-order valence-corrected chi connectivity index (χ4v) is 5.24. The molecule has 0 aromatic heterocycles. The molecule has 1 spiro atoms. The van der Waals surface area contributed by atoms with Crippen LogP contribution in [0.5, 0.6) is 0 Å². The van der Waals surface area contributed by atoms with Crippen LogP contribution in [0.1, 0.15) is 30.0 Å². The van der Waals surface area contributed by atoms with Crippen LogP contribution in [0.4, 0.5) is 0 Å². The second-order valence-electron chi connectivity index (χ2n) is 10.0. The lowest BCUT2D eigenvalue weighted by Crippen LogP contribution is -2.81. The van der Waals surface area contributed by atoms with Crippen LogP contribution in [0.25, 0.3) is 0 Å². The maximum Gasteiger partial charge on any atom is 0.187 e. The number of hydrogen-bond donors (Lipinski definition) is 1. The van der Waals surface area contributed by atoms with Gasteiger partial charge in [-0.25, -0.2) is 0 Å². The lowest BCUT2D eigenvalue weighted by molar-refractivity contribution is -0.386. The fraction of sp³-hybridized carbons (Fsp3) is 0.387. The third-order valence-electron chi connectivity index (χ3n) is 7.54. The molecule has 7 heteroatoms. The summed E-state index contributed by atoms with van der Waals surface area (Å²) in [6.45, 7) is 2.30. The van der Waals surface area contributed by atoms with Crippen molar-refractivity contribution < 1.29 is 33.6 Å². The van der Waals surface area contributed by atoms with Crippen molar-refractivity contribution in [1.29, 1.82) is 0 Å². The van der Waals surface area contributed by atoms with Crippen molar-refractivity contribution in [3.8, 4) is 0 Å². The topological polar surface area (TPSA) is 83.5 Å². The van der Waals surface area contributed by atoms with E-state index in [0.29, 0.717) is 6.61 Å². The van der Waals surface area contributed by atoms with Crippen molar-refractivity contribution >= 4 is 5.78 Å². The first kappa shape index (κ1) is 26.7. The van der Waals surface area contributed by atoms with Crippen molar-refractivity contribution in [2.75, 3.05) is 7.11 Å². The van der Waals surface area contributed by atoms with Gasteiger partial charge < -0.3 is 28.8 Å². The minimum Gasteiger partial charge on any atom is -0.379 e. The molecule has 1 saturated heterocycles. The summed E-state index contributed by atoms with van der Waals surface area (Å²) in [6, 6.07) is 29.3. The van der Waals surface area contributed by atoms with Crippen LogP contribution >= 0.6 is 0 Å². The van der Waals surface area contributed by atoms with Gasteiger partial charge in [0.1, 0.15) is 23.9 Å². The highest BCUT2D eigenvalue weighted by Gasteiger charge is 2.73. The van der Waals surface area contributed by atoms with E-state index in [4.69, 9.17) is 23.7 Å². The summed E-state index contributed by atoms with van der Waals surface area (Å²) >= 11 is 0. The van der Waals surface area contributed by atoms with E-state index >= 15 is 0 Å². The molecule has 7 nitrogen and oxygen atoms in total. The summed E-state index contributed by atoms with van der Waals surface area (Å²) in [4.78, 5) is 12.6. The van der Waals surface area contributed by atoms with E-state index in [-0.39, 0.29) is 25.4 Å². The van der Waals surface area contributed by atoms with Gasteiger partial charge in [0.2, 0.25) is 0 Å². The Morgan fingerprint density at radius 2 is 1.21 bits per heavy atom. The van der Waals surface area contributed by atoms with Crippen LogP contribution in [-0.4, -0.2) is 53.8 Å². The van der Waals surface area contributed by atoms with Crippen LogP contribution in [0.2, 0.25) is 0 Å². The fourth-order valence-electron chi connectivity index (χ4n) is 5.24. The summed E-state index contributed by atoms with van der Waals surface area (Å²) in [5, 5.41) is 11.3. The minimum absolute atomic E-state index is 0.0179. The zero-order chi connectivity index (χ0) is 26.6. The van der Waals surface area contributed by atoms with E-state index < -0.39 is 35.8 Å². The lowest BCUT2D eigenvalue weighted by atomic mass is 9.59. The van der Waals surface area contributed by atoms with Crippen LogP contribution < -0.4 is 0 Å². The van der Waals surface area contributed by atoms with Gasteiger partial charge in [0.15, 0.2) is 17.7 Å². The number of Topliss-reactive ketones (excluding diaryl/α,β-unsaturated/α-hetero) is 1. The number of methoxy groups -OCH3 is 1. The Labute approximate surface area is 223 Å². The Morgan fingerprint density at radius 3 is 1.63 bits per heavy atom. The molecule has 2 aliphatic rings. The number of rotatable bonds is 10. The van der Waals surface area contributed by atoms with Crippen LogP contribution in [0, 0.1) is 0 Å². The van der Waals surface area contributed by atoms with E-state index in [1.807, 2.05) is 91.0 Å². The van der Waals surface area contributed by atoms with E-state index in [1.165, 1.54) is 14.0 Å². The maximum atomic E-state index is 12.6. The van der Waals surface area contributed by atoms with Gasteiger partial charge in [0, 0.05) is 13.5 Å². The largest absolute Gasteiger partial charge is 0.379 e. The molecule has 6 atom stereocenters. The highest BCUT2D eigenvalue weighted by Crippen LogP contribution is 2.52. The number of carbonyl (C=O) groups is 1. The number of ketones is 1. The van der Waals surface area contributed by atoms with Crippen molar-refractivity contribution in [2.45, 2.75) is 69.0 Å². The van der Waals surface area contributed by atoms with Gasteiger partial charge in [-0.05, 0) is 23.6 Å². The normalized spacial score (nSPS) is 30.8. The number of ether oxygens (including phenoxy) is 5. The van der Waals surface area contributed by atoms with Gasteiger partial charge in [0.05, 0.1) is 19.8 Å². The first-order chi connectivity index (χ1) is 18.4.